The maximum atomic E-state index is 10.9. The molecule has 1 aromatic rings. The summed E-state index contributed by atoms with van der Waals surface area (Å²) in [7, 11) is 1.44. The van der Waals surface area contributed by atoms with Gasteiger partial charge in [0.25, 0.3) is 0 Å². The molecule has 0 bridgehead atoms. The Hall–Kier alpha value is -1.42. The molecule has 0 spiro atoms. The first-order valence-electron chi connectivity index (χ1n) is 5.28. The number of aliphatic carboxylic acids is 1. The van der Waals surface area contributed by atoms with Crippen LogP contribution >= 0.6 is 11.6 Å². The Bertz CT molecular complexity index is 466. The van der Waals surface area contributed by atoms with Gasteiger partial charge in [-0.25, -0.2) is 0 Å². The third kappa shape index (κ3) is 2.05. The summed E-state index contributed by atoms with van der Waals surface area (Å²) in [6, 6.07) is 3.30. The van der Waals surface area contributed by atoms with Gasteiger partial charge in [0.15, 0.2) is 11.5 Å². The summed E-state index contributed by atoms with van der Waals surface area (Å²) < 4.78 is 5.14. The van der Waals surface area contributed by atoms with Gasteiger partial charge in [-0.1, -0.05) is 17.7 Å². The Labute approximate surface area is 104 Å². The lowest BCUT2D eigenvalue weighted by molar-refractivity contribution is -0.137. The number of hydrogen-bond acceptors (Lipinski definition) is 3. The number of phenolic OH excluding ortho intramolecular Hbond substituents is 1. The Morgan fingerprint density at radius 1 is 1.53 bits per heavy atom. The molecule has 0 aromatic heterocycles. The number of benzene rings is 1. The zero-order valence-corrected chi connectivity index (χ0v) is 10.1. The quantitative estimate of drug-likeness (QED) is 0.869. The van der Waals surface area contributed by atoms with Gasteiger partial charge in [0.2, 0.25) is 0 Å². The first-order chi connectivity index (χ1) is 8.00. The maximum absolute atomic E-state index is 10.9. The number of halogens is 1. The number of aromatic hydroxyl groups is 1. The van der Waals surface area contributed by atoms with Crippen LogP contribution in [0.3, 0.4) is 0 Å². The van der Waals surface area contributed by atoms with E-state index in [1.807, 2.05) is 0 Å². The molecule has 0 saturated heterocycles. The van der Waals surface area contributed by atoms with Gasteiger partial charge in [0, 0.05) is 11.0 Å². The summed E-state index contributed by atoms with van der Waals surface area (Å²) in [6.45, 7) is 0. The maximum Gasteiger partial charge on any atom is 0.304 e. The van der Waals surface area contributed by atoms with Crippen LogP contribution in [-0.2, 0) is 10.2 Å². The molecule has 1 aromatic carbocycles. The van der Waals surface area contributed by atoms with Crippen LogP contribution in [0, 0.1) is 0 Å². The molecule has 1 saturated carbocycles. The molecule has 0 unspecified atom stereocenters. The molecule has 17 heavy (non-hydrogen) atoms. The SMILES string of the molecule is COc1c(C2(CC(=O)O)CC2)ccc(Cl)c1O. The highest BCUT2D eigenvalue weighted by Crippen LogP contribution is 2.56. The van der Waals surface area contributed by atoms with Gasteiger partial charge in [0.05, 0.1) is 18.6 Å². The van der Waals surface area contributed by atoms with Gasteiger partial charge in [-0.2, -0.15) is 0 Å². The summed E-state index contributed by atoms with van der Waals surface area (Å²) in [6.07, 6.45) is 1.62. The summed E-state index contributed by atoms with van der Waals surface area (Å²) in [5, 5.41) is 18.9. The van der Waals surface area contributed by atoms with Crippen molar-refractivity contribution in [3.8, 4) is 11.5 Å². The van der Waals surface area contributed by atoms with Gasteiger partial charge in [-0.15, -0.1) is 0 Å². The van der Waals surface area contributed by atoms with E-state index >= 15 is 0 Å². The van der Waals surface area contributed by atoms with E-state index in [2.05, 4.69) is 0 Å². The molecule has 0 aliphatic heterocycles. The van der Waals surface area contributed by atoms with Crippen molar-refractivity contribution in [3.05, 3.63) is 22.7 Å². The number of hydrogen-bond donors (Lipinski definition) is 2. The minimum atomic E-state index is -0.848. The fraction of sp³-hybridized carbons (Fsp3) is 0.417. The molecule has 4 nitrogen and oxygen atoms in total. The second kappa shape index (κ2) is 4.11. The minimum Gasteiger partial charge on any atom is -0.503 e. The average Bonchev–Trinajstić information content (AvgIpc) is 3.01. The zero-order chi connectivity index (χ0) is 12.6. The highest BCUT2D eigenvalue weighted by molar-refractivity contribution is 6.32. The number of phenols is 1. The fourth-order valence-electron chi connectivity index (χ4n) is 2.15. The third-order valence-electron chi connectivity index (χ3n) is 3.20. The Kier molecular flexibility index (Phi) is 2.91. The van der Waals surface area contributed by atoms with Gasteiger partial charge in [0.1, 0.15) is 0 Å². The summed E-state index contributed by atoms with van der Waals surface area (Å²) in [5.74, 6) is -0.682. The smallest absolute Gasteiger partial charge is 0.304 e. The third-order valence-corrected chi connectivity index (χ3v) is 3.51. The van der Waals surface area contributed by atoms with Crippen LogP contribution in [0.4, 0.5) is 0 Å². The Morgan fingerprint density at radius 2 is 2.18 bits per heavy atom. The fourth-order valence-corrected chi connectivity index (χ4v) is 2.30. The van der Waals surface area contributed by atoms with E-state index in [4.69, 9.17) is 21.4 Å². The molecule has 1 fully saturated rings. The number of ether oxygens (including phenoxy) is 1. The predicted molar refractivity (Wildman–Crippen MR) is 62.8 cm³/mol. The first-order valence-corrected chi connectivity index (χ1v) is 5.66. The molecule has 2 N–H and O–H groups in total. The molecule has 0 heterocycles. The lowest BCUT2D eigenvalue weighted by Gasteiger charge is -2.18. The van der Waals surface area contributed by atoms with Crippen LogP contribution in [0.5, 0.6) is 11.5 Å². The Balaban J connectivity index is 2.46. The lowest BCUT2D eigenvalue weighted by Crippen LogP contribution is -2.14. The van der Waals surface area contributed by atoms with Crippen molar-refractivity contribution in [1.29, 1.82) is 0 Å². The predicted octanol–water partition coefficient (Wildman–Crippen LogP) is 2.56. The molecule has 1 aliphatic carbocycles. The van der Waals surface area contributed by atoms with Crippen molar-refractivity contribution in [2.75, 3.05) is 7.11 Å². The second-order valence-electron chi connectivity index (χ2n) is 4.33. The van der Waals surface area contributed by atoms with Crippen molar-refractivity contribution in [2.24, 2.45) is 0 Å². The van der Waals surface area contributed by atoms with Crippen molar-refractivity contribution in [3.63, 3.8) is 0 Å². The lowest BCUT2D eigenvalue weighted by atomic mass is 9.91. The molecular formula is C12H13ClO4. The number of rotatable bonds is 4. The van der Waals surface area contributed by atoms with Crippen LogP contribution < -0.4 is 4.74 Å². The molecule has 0 atom stereocenters. The summed E-state index contributed by atoms with van der Waals surface area (Å²) in [5.41, 5.74) is 0.323. The van der Waals surface area contributed by atoms with Crippen LogP contribution in [0.2, 0.25) is 5.02 Å². The molecular weight excluding hydrogens is 244 g/mol. The number of carbonyl (C=O) groups is 1. The van der Waals surface area contributed by atoms with Crippen LogP contribution in [0.25, 0.3) is 0 Å². The van der Waals surface area contributed by atoms with Gasteiger partial charge in [-0.05, 0) is 18.9 Å². The topological polar surface area (TPSA) is 66.8 Å². The van der Waals surface area contributed by atoms with Crippen molar-refractivity contribution in [2.45, 2.75) is 24.7 Å². The largest absolute Gasteiger partial charge is 0.503 e. The standard InChI is InChI=1S/C12H13ClO4/c1-17-11-7(2-3-8(13)10(11)16)12(4-5-12)6-9(14)15/h2-3,16H,4-6H2,1H3,(H,14,15). The highest BCUT2D eigenvalue weighted by atomic mass is 35.5. The zero-order valence-electron chi connectivity index (χ0n) is 9.36. The summed E-state index contributed by atoms with van der Waals surface area (Å²) in [4.78, 5) is 10.9. The van der Waals surface area contributed by atoms with Crippen molar-refractivity contribution >= 4 is 17.6 Å². The minimum absolute atomic E-state index is 0.0461. The normalized spacial score (nSPS) is 16.6. The molecule has 2 rings (SSSR count). The molecule has 1 aliphatic rings. The van der Waals surface area contributed by atoms with E-state index in [9.17, 15) is 9.90 Å². The number of carboxylic acid groups (broad SMARTS) is 1. The van der Waals surface area contributed by atoms with Crippen LogP contribution in [-0.4, -0.2) is 23.3 Å². The Morgan fingerprint density at radius 3 is 2.65 bits per heavy atom. The van der Waals surface area contributed by atoms with Crippen molar-refractivity contribution < 1.29 is 19.7 Å². The van der Waals surface area contributed by atoms with E-state index in [1.54, 1.807) is 12.1 Å². The number of methoxy groups -OCH3 is 1. The first kappa shape index (κ1) is 12.0. The second-order valence-corrected chi connectivity index (χ2v) is 4.73. The number of carboxylic acids is 1. The molecule has 92 valence electrons. The van der Waals surface area contributed by atoms with E-state index in [0.717, 1.165) is 18.4 Å². The van der Waals surface area contributed by atoms with Crippen LogP contribution in [0.15, 0.2) is 12.1 Å². The average molecular weight is 257 g/mol. The van der Waals surface area contributed by atoms with Crippen LogP contribution in [0.1, 0.15) is 24.8 Å². The van der Waals surface area contributed by atoms with E-state index in [0.29, 0.717) is 0 Å². The van der Waals surface area contributed by atoms with E-state index < -0.39 is 11.4 Å². The van der Waals surface area contributed by atoms with Gasteiger partial charge < -0.3 is 14.9 Å². The van der Waals surface area contributed by atoms with Gasteiger partial charge >= 0.3 is 5.97 Å². The van der Waals surface area contributed by atoms with Gasteiger partial charge in [-0.3, -0.25) is 4.79 Å². The summed E-state index contributed by atoms with van der Waals surface area (Å²) >= 11 is 5.79. The molecule has 5 heteroatoms. The van der Waals surface area contributed by atoms with E-state index in [1.165, 1.54) is 7.11 Å². The highest BCUT2D eigenvalue weighted by Gasteiger charge is 2.48. The molecule has 0 radical (unpaired) electrons. The molecule has 0 amide bonds. The van der Waals surface area contributed by atoms with Crippen molar-refractivity contribution in [1.82, 2.24) is 0 Å². The van der Waals surface area contributed by atoms with E-state index in [-0.39, 0.29) is 22.9 Å². The monoisotopic (exact) mass is 256 g/mol.